The van der Waals surface area contributed by atoms with E-state index in [1.54, 1.807) is 0 Å². The average Bonchev–Trinajstić information content (AvgIpc) is 3.04. The van der Waals surface area contributed by atoms with Crippen molar-refractivity contribution in [1.82, 2.24) is 15.1 Å². The van der Waals surface area contributed by atoms with E-state index in [0.717, 1.165) is 42.3 Å². The molecule has 1 aromatic carbocycles. The Morgan fingerprint density at radius 1 is 1.41 bits per heavy atom. The zero-order valence-corrected chi connectivity index (χ0v) is 13.4. The topological polar surface area (TPSA) is 48.3 Å². The van der Waals surface area contributed by atoms with E-state index in [0.29, 0.717) is 6.61 Å². The number of aryl methyl sites for hydroxylation is 1. The zero-order valence-electron chi connectivity index (χ0n) is 13.4. The highest BCUT2D eigenvalue weighted by molar-refractivity contribution is 5.48. The lowest BCUT2D eigenvalue weighted by atomic mass is 10.1. The molecular weight excluding hydrogens is 278 g/mol. The van der Waals surface area contributed by atoms with Crippen LogP contribution in [0.5, 0.6) is 11.5 Å². The summed E-state index contributed by atoms with van der Waals surface area (Å²) in [6.45, 7) is 6.30. The summed E-state index contributed by atoms with van der Waals surface area (Å²) in [6.07, 6.45) is 3.02. The molecule has 118 valence electrons. The third kappa shape index (κ3) is 3.09. The van der Waals surface area contributed by atoms with Gasteiger partial charge < -0.3 is 14.8 Å². The van der Waals surface area contributed by atoms with Crippen LogP contribution >= 0.6 is 0 Å². The van der Waals surface area contributed by atoms with Crippen LogP contribution < -0.4 is 14.8 Å². The fourth-order valence-corrected chi connectivity index (χ4v) is 2.81. The van der Waals surface area contributed by atoms with Gasteiger partial charge in [-0.05, 0) is 32.0 Å². The van der Waals surface area contributed by atoms with Gasteiger partial charge in [-0.3, -0.25) is 4.68 Å². The summed E-state index contributed by atoms with van der Waals surface area (Å²) in [5.74, 6) is 1.95. The van der Waals surface area contributed by atoms with Crippen molar-refractivity contribution in [3.05, 3.63) is 41.2 Å². The maximum absolute atomic E-state index is 5.85. The lowest BCUT2D eigenvalue weighted by Crippen LogP contribution is -2.16. The number of nitrogens with zero attached hydrogens (tertiary/aromatic N) is 2. The molecule has 2 heterocycles. The first-order chi connectivity index (χ1) is 10.7. The highest BCUT2D eigenvalue weighted by atomic mass is 16.5. The van der Waals surface area contributed by atoms with Gasteiger partial charge in [0.05, 0.1) is 12.3 Å². The number of hydrogen-bond acceptors (Lipinski definition) is 4. The summed E-state index contributed by atoms with van der Waals surface area (Å²) < 4.78 is 13.5. The van der Waals surface area contributed by atoms with Crippen molar-refractivity contribution in [2.24, 2.45) is 7.05 Å². The smallest absolute Gasteiger partial charge is 0.124 e. The molecule has 1 N–H and O–H groups in total. The van der Waals surface area contributed by atoms with Gasteiger partial charge in [-0.15, -0.1) is 0 Å². The molecule has 1 aliphatic rings. The van der Waals surface area contributed by atoms with Gasteiger partial charge in [-0.2, -0.15) is 5.10 Å². The molecule has 0 unspecified atom stereocenters. The van der Waals surface area contributed by atoms with Crippen molar-refractivity contribution in [3.8, 4) is 11.5 Å². The molecule has 0 bridgehead atoms. The van der Waals surface area contributed by atoms with Crippen LogP contribution in [0.25, 0.3) is 0 Å². The van der Waals surface area contributed by atoms with Gasteiger partial charge in [0.2, 0.25) is 0 Å². The van der Waals surface area contributed by atoms with E-state index < -0.39 is 0 Å². The summed E-state index contributed by atoms with van der Waals surface area (Å²) in [4.78, 5) is 0. The summed E-state index contributed by atoms with van der Waals surface area (Å²) in [5, 5.41) is 7.63. The molecule has 0 spiro atoms. The van der Waals surface area contributed by atoms with E-state index in [1.807, 2.05) is 30.9 Å². The average molecular weight is 301 g/mol. The van der Waals surface area contributed by atoms with E-state index >= 15 is 0 Å². The number of hydrogen-bond donors (Lipinski definition) is 1. The third-order valence-electron chi connectivity index (χ3n) is 3.92. The summed E-state index contributed by atoms with van der Waals surface area (Å²) >= 11 is 0. The fourth-order valence-electron chi connectivity index (χ4n) is 2.81. The number of ether oxygens (including phenoxy) is 2. The van der Waals surface area contributed by atoms with Crippen molar-refractivity contribution in [1.29, 1.82) is 0 Å². The van der Waals surface area contributed by atoms with Crippen molar-refractivity contribution in [2.75, 3.05) is 6.61 Å². The minimum Gasteiger partial charge on any atom is -0.494 e. The summed E-state index contributed by atoms with van der Waals surface area (Å²) in [7, 11) is 1.95. The minimum atomic E-state index is 0.252. The Kier molecular flexibility index (Phi) is 4.34. The quantitative estimate of drug-likeness (QED) is 0.890. The van der Waals surface area contributed by atoms with Gasteiger partial charge in [0, 0.05) is 43.9 Å². The molecule has 0 saturated carbocycles. The van der Waals surface area contributed by atoms with Crippen molar-refractivity contribution in [2.45, 2.75) is 39.5 Å². The molecule has 1 aliphatic heterocycles. The second kappa shape index (κ2) is 6.40. The van der Waals surface area contributed by atoms with E-state index in [-0.39, 0.29) is 6.10 Å². The molecule has 2 aromatic rings. The zero-order chi connectivity index (χ0) is 15.5. The molecule has 3 rings (SSSR count). The molecule has 0 radical (unpaired) electrons. The Labute approximate surface area is 131 Å². The fraction of sp³-hybridized carbons (Fsp3) is 0.471. The van der Waals surface area contributed by atoms with Gasteiger partial charge in [-0.25, -0.2) is 0 Å². The second-order valence-electron chi connectivity index (χ2n) is 5.68. The number of rotatable bonds is 6. The highest BCUT2D eigenvalue weighted by Crippen LogP contribution is 2.35. The minimum absolute atomic E-state index is 0.252. The number of nitrogens with one attached hydrogen (secondary N) is 1. The molecule has 1 atom stereocenters. The van der Waals surface area contributed by atoms with Gasteiger partial charge in [0.1, 0.15) is 17.6 Å². The van der Waals surface area contributed by atoms with Crippen LogP contribution in [0.1, 0.15) is 30.7 Å². The van der Waals surface area contributed by atoms with Crippen LogP contribution in [0, 0.1) is 0 Å². The Morgan fingerprint density at radius 3 is 3.00 bits per heavy atom. The van der Waals surface area contributed by atoms with Crippen LogP contribution in [0.3, 0.4) is 0 Å². The lowest BCUT2D eigenvalue weighted by Gasteiger charge is -2.13. The van der Waals surface area contributed by atoms with E-state index in [2.05, 4.69) is 29.5 Å². The van der Waals surface area contributed by atoms with Crippen LogP contribution in [-0.2, 0) is 26.6 Å². The second-order valence-corrected chi connectivity index (χ2v) is 5.68. The van der Waals surface area contributed by atoms with Crippen LogP contribution in [0.2, 0.25) is 0 Å². The van der Waals surface area contributed by atoms with Gasteiger partial charge in [0.15, 0.2) is 0 Å². The predicted molar refractivity (Wildman–Crippen MR) is 85.2 cm³/mol. The van der Waals surface area contributed by atoms with Crippen molar-refractivity contribution < 1.29 is 9.47 Å². The number of fused-ring (bicyclic) bond motifs is 1. The van der Waals surface area contributed by atoms with E-state index in [9.17, 15) is 0 Å². The predicted octanol–water partition coefficient (Wildman–Crippen LogP) is 2.43. The van der Waals surface area contributed by atoms with Gasteiger partial charge in [-0.1, -0.05) is 0 Å². The van der Waals surface area contributed by atoms with E-state index in [1.165, 1.54) is 5.56 Å². The van der Waals surface area contributed by atoms with Gasteiger partial charge in [0.25, 0.3) is 0 Å². The highest BCUT2D eigenvalue weighted by Gasteiger charge is 2.21. The maximum Gasteiger partial charge on any atom is 0.124 e. The molecule has 0 saturated heterocycles. The largest absolute Gasteiger partial charge is 0.494 e. The molecule has 0 fully saturated rings. The SMILES string of the molecule is CCOc1cc2c(cc1CNCc1ccnn1C)O[C@@H](C)C2. The Morgan fingerprint density at radius 2 is 2.27 bits per heavy atom. The standard InChI is InChI=1S/C17H23N3O2/c1-4-21-16-8-13-7-12(2)22-17(13)9-14(16)10-18-11-15-5-6-19-20(15)3/h5-6,8-9,12,18H,4,7,10-11H2,1-3H3/t12-/m0/s1. The maximum atomic E-state index is 5.85. The molecule has 5 nitrogen and oxygen atoms in total. The first-order valence-corrected chi connectivity index (χ1v) is 7.80. The Bertz CT molecular complexity index is 651. The molecule has 0 amide bonds. The molecule has 5 heteroatoms. The van der Waals surface area contributed by atoms with Crippen LogP contribution in [-0.4, -0.2) is 22.5 Å². The Hall–Kier alpha value is -2.01. The molecule has 22 heavy (non-hydrogen) atoms. The monoisotopic (exact) mass is 301 g/mol. The number of benzene rings is 1. The molecular formula is C17H23N3O2. The molecule has 0 aliphatic carbocycles. The van der Waals surface area contributed by atoms with Crippen LogP contribution in [0.4, 0.5) is 0 Å². The van der Waals surface area contributed by atoms with Crippen molar-refractivity contribution >= 4 is 0 Å². The summed E-state index contributed by atoms with van der Waals surface area (Å²) in [6, 6.07) is 6.26. The third-order valence-corrected chi connectivity index (χ3v) is 3.92. The Balaban J connectivity index is 1.72. The first-order valence-electron chi connectivity index (χ1n) is 7.80. The van der Waals surface area contributed by atoms with Crippen LogP contribution in [0.15, 0.2) is 24.4 Å². The first kappa shape index (κ1) is 14.9. The molecule has 1 aromatic heterocycles. The number of aromatic nitrogens is 2. The summed E-state index contributed by atoms with van der Waals surface area (Å²) in [5.41, 5.74) is 3.53. The lowest BCUT2D eigenvalue weighted by molar-refractivity contribution is 0.254. The van der Waals surface area contributed by atoms with E-state index in [4.69, 9.17) is 9.47 Å². The van der Waals surface area contributed by atoms with Gasteiger partial charge >= 0.3 is 0 Å². The normalized spacial score (nSPS) is 16.4. The van der Waals surface area contributed by atoms with Crippen molar-refractivity contribution in [3.63, 3.8) is 0 Å².